The lowest BCUT2D eigenvalue weighted by atomic mass is 9.82. The molecule has 3 heteroatoms. The van der Waals surface area contributed by atoms with E-state index in [9.17, 15) is 0 Å². The highest BCUT2D eigenvalue weighted by atomic mass is 15.2. The number of hydrazine groups is 1. The molecule has 1 rings (SSSR count). The molecule has 0 aliphatic heterocycles. The highest BCUT2D eigenvalue weighted by molar-refractivity contribution is 5.36. The van der Waals surface area contributed by atoms with Gasteiger partial charge in [-0.05, 0) is 17.7 Å². The van der Waals surface area contributed by atoms with Gasteiger partial charge < -0.3 is 0 Å². The standard InChI is InChI=1S/C11H19N3/c1-11(2,3)8-5-6-9(14-12)10(7-8)13-4/h5-7,9-10,14H,4,12H2,1-3H3. The smallest absolute Gasteiger partial charge is 0.0880 e. The Labute approximate surface area is 85.8 Å². The number of hydrogen-bond acceptors (Lipinski definition) is 3. The molecular weight excluding hydrogens is 174 g/mol. The molecule has 3 nitrogen and oxygen atoms in total. The van der Waals surface area contributed by atoms with E-state index in [1.54, 1.807) is 0 Å². The Kier molecular flexibility index (Phi) is 3.24. The van der Waals surface area contributed by atoms with Gasteiger partial charge in [0.05, 0.1) is 12.1 Å². The highest BCUT2D eigenvalue weighted by Crippen LogP contribution is 2.29. The Morgan fingerprint density at radius 2 is 2.14 bits per heavy atom. The minimum absolute atomic E-state index is 0.0409. The number of nitrogens with two attached hydrogens (primary N) is 1. The minimum atomic E-state index is 0.0409. The third-order valence-electron chi connectivity index (χ3n) is 2.47. The molecule has 0 heterocycles. The Bertz CT molecular complexity index is 271. The lowest BCUT2D eigenvalue weighted by molar-refractivity contribution is 0.492. The van der Waals surface area contributed by atoms with E-state index in [1.165, 1.54) is 5.57 Å². The number of rotatable bonds is 2. The van der Waals surface area contributed by atoms with E-state index in [-0.39, 0.29) is 17.5 Å². The van der Waals surface area contributed by atoms with Gasteiger partial charge in [-0.1, -0.05) is 39.0 Å². The maximum Gasteiger partial charge on any atom is 0.0880 e. The van der Waals surface area contributed by atoms with E-state index in [2.05, 4.69) is 50.1 Å². The van der Waals surface area contributed by atoms with Crippen molar-refractivity contribution in [2.75, 3.05) is 0 Å². The van der Waals surface area contributed by atoms with Gasteiger partial charge in [0.2, 0.25) is 0 Å². The van der Waals surface area contributed by atoms with Crippen LogP contribution in [0.4, 0.5) is 0 Å². The molecule has 78 valence electrons. The summed E-state index contributed by atoms with van der Waals surface area (Å²) in [7, 11) is 0. The summed E-state index contributed by atoms with van der Waals surface area (Å²) in [6.07, 6.45) is 6.27. The van der Waals surface area contributed by atoms with Gasteiger partial charge in [-0.3, -0.25) is 16.3 Å². The molecule has 2 unspecified atom stereocenters. The number of nitrogens with one attached hydrogen (secondary N) is 1. The van der Waals surface area contributed by atoms with Gasteiger partial charge >= 0.3 is 0 Å². The fourth-order valence-electron chi connectivity index (χ4n) is 1.48. The van der Waals surface area contributed by atoms with Crippen LogP contribution in [-0.4, -0.2) is 18.8 Å². The monoisotopic (exact) mass is 193 g/mol. The quantitative estimate of drug-likeness (QED) is 0.396. The Hall–Kier alpha value is -0.930. The lowest BCUT2D eigenvalue weighted by Gasteiger charge is -2.28. The van der Waals surface area contributed by atoms with Crippen LogP contribution in [-0.2, 0) is 0 Å². The van der Waals surface area contributed by atoms with Crippen LogP contribution in [0.2, 0.25) is 0 Å². The summed E-state index contributed by atoms with van der Waals surface area (Å²) >= 11 is 0. The Balaban J connectivity index is 2.90. The van der Waals surface area contributed by atoms with Gasteiger partial charge in [-0.25, -0.2) is 0 Å². The largest absolute Gasteiger partial charge is 0.291 e. The molecule has 0 aromatic rings. The van der Waals surface area contributed by atoms with Crippen LogP contribution in [0.1, 0.15) is 20.8 Å². The topological polar surface area (TPSA) is 50.4 Å². The maximum atomic E-state index is 5.41. The average molecular weight is 193 g/mol. The fraction of sp³-hybridized carbons (Fsp3) is 0.545. The van der Waals surface area contributed by atoms with Crippen molar-refractivity contribution >= 4 is 6.72 Å². The van der Waals surface area contributed by atoms with Crippen LogP contribution in [0.3, 0.4) is 0 Å². The molecule has 3 N–H and O–H groups in total. The maximum absolute atomic E-state index is 5.41. The number of nitrogens with zero attached hydrogens (tertiary/aromatic N) is 1. The van der Waals surface area contributed by atoms with Crippen molar-refractivity contribution in [1.82, 2.24) is 5.43 Å². The van der Waals surface area contributed by atoms with E-state index >= 15 is 0 Å². The summed E-state index contributed by atoms with van der Waals surface area (Å²) in [4.78, 5) is 4.04. The number of allylic oxidation sites excluding steroid dienone is 2. The zero-order valence-corrected chi connectivity index (χ0v) is 9.12. The van der Waals surface area contributed by atoms with Crippen molar-refractivity contribution in [1.29, 1.82) is 0 Å². The minimum Gasteiger partial charge on any atom is -0.291 e. The van der Waals surface area contributed by atoms with Gasteiger partial charge in [-0.2, -0.15) is 0 Å². The number of aliphatic imine (C=N–C) groups is 1. The summed E-state index contributed by atoms with van der Waals surface area (Å²) in [5.41, 5.74) is 4.14. The molecule has 0 saturated heterocycles. The summed E-state index contributed by atoms with van der Waals surface area (Å²) in [6.45, 7) is 10.1. The fourth-order valence-corrected chi connectivity index (χ4v) is 1.48. The van der Waals surface area contributed by atoms with Crippen molar-refractivity contribution < 1.29 is 0 Å². The third kappa shape index (κ3) is 2.30. The van der Waals surface area contributed by atoms with Crippen LogP contribution >= 0.6 is 0 Å². The van der Waals surface area contributed by atoms with Crippen molar-refractivity contribution in [3.8, 4) is 0 Å². The number of hydrogen-bond donors (Lipinski definition) is 2. The van der Waals surface area contributed by atoms with Crippen molar-refractivity contribution in [2.45, 2.75) is 32.9 Å². The summed E-state index contributed by atoms with van der Waals surface area (Å²) in [5.74, 6) is 5.41. The zero-order chi connectivity index (χ0) is 10.8. The molecular formula is C11H19N3. The normalized spacial score (nSPS) is 27.3. The predicted molar refractivity (Wildman–Crippen MR) is 61.1 cm³/mol. The first-order valence-corrected chi connectivity index (χ1v) is 4.81. The predicted octanol–water partition coefficient (Wildman–Crippen LogP) is 1.43. The average Bonchev–Trinajstić information content (AvgIpc) is 2.15. The van der Waals surface area contributed by atoms with E-state index < -0.39 is 0 Å². The molecule has 1 aliphatic carbocycles. The van der Waals surface area contributed by atoms with Crippen molar-refractivity contribution in [3.05, 3.63) is 23.8 Å². The first kappa shape index (κ1) is 11.1. The summed E-state index contributed by atoms with van der Waals surface area (Å²) in [5, 5.41) is 0. The van der Waals surface area contributed by atoms with Gasteiger partial charge in [0.15, 0.2) is 0 Å². The lowest BCUT2D eigenvalue weighted by Crippen LogP contribution is -2.42. The molecule has 1 aliphatic rings. The zero-order valence-electron chi connectivity index (χ0n) is 9.12. The summed E-state index contributed by atoms with van der Waals surface area (Å²) < 4.78 is 0. The Morgan fingerprint density at radius 1 is 1.50 bits per heavy atom. The molecule has 0 aromatic carbocycles. The molecule has 0 fully saturated rings. The molecule has 0 spiro atoms. The molecule has 14 heavy (non-hydrogen) atoms. The molecule has 0 radical (unpaired) electrons. The SMILES string of the molecule is C=NC1C=C(C(C)(C)C)C=CC1NN. The van der Waals surface area contributed by atoms with Crippen LogP contribution < -0.4 is 11.3 Å². The molecule has 2 atom stereocenters. The van der Waals surface area contributed by atoms with Crippen LogP contribution in [0.5, 0.6) is 0 Å². The van der Waals surface area contributed by atoms with E-state index in [0.717, 1.165) is 0 Å². The molecule has 0 amide bonds. The van der Waals surface area contributed by atoms with Crippen molar-refractivity contribution in [2.24, 2.45) is 16.3 Å². The van der Waals surface area contributed by atoms with Crippen LogP contribution in [0.25, 0.3) is 0 Å². The summed E-state index contributed by atoms with van der Waals surface area (Å²) in [6, 6.07) is 0.109. The molecule has 0 saturated carbocycles. The van der Waals surface area contributed by atoms with Gasteiger partial charge in [-0.15, -0.1) is 0 Å². The first-order valence-electron chi connectivity index (χ1n) is 4.81. The Morgan fingerprint density at radius 3 is 2.57 bits per heavy atom. The molecule has 0 bridgehead atoms. The van der Waals surface area contributed by atoms with Crippen molar-refractivity contribution in [3.63, 3.8) is 0 Å². The highest BCUT2D eigenvalue weighted by Gasteiger charge is 2.23. The van der Waals surface area contributed by atoms with E-state index in [1.807, 2.05) is 6.08 Å². The molecule has 0 aromatic heterocycles. The first-order chi connectivity index (χ1) is 6.49. The van der Waals surface area contributed by atoms with E-state index in [0.29, 0.717) is 0 Å². The van der Waals surface area contributed by atoms with E-state index in [4.69, 9.17) is 5.84 Å². The van der Waals surface area contributed by atoms with Crippen LogP contribution in [0.15, 0.2) is 28.8 Å². The van der Waals surface area contributed by atoms with Crippen LogP contribution in [0, 0.1) is 5.41 Å². The second kappa shape index (κ2) is 4.07. The second-order valence-electron chi connectivity index (χ2n) is 4.60. The third-order valence-corrected chi connectivity index (χ3v) is 2.47. The second-order valence-corrected chi connectivity index (χ2v) is 4.60. The van der Waals surface area contributed by atoms with Gasteiger partial charge in [0, 0.05) is 0 Å². The van der Waals surface area contributed by atoms with Gasteiger partial charge in [0.1, 0.15) is 0 Å². The van der Waals surface area contributed by atoms with Gasteiger partial charge in [0.25, 0.3) is 0 Å².